The molecule has 0 spiro atoms. The van der Waals surface area contributed by atoms with Crippen LogP contribution in [0.25, 0.3) is 6.08 Å². The number of carbonyl (C=O) groups is 2. The Kier molecular flexibility index (Phi) is 3.36. The first kappa shape index (κ1) is 14.5. The van der Waals surface area contributed by atoms with E-state index in [0.717, 1.165) is 5.56 Å². The Bertz CT molecular complexity index is 949. The van der Waals surface area contributed by atoms with Crippen molar-refractivity contribution in [1.82, 2.24) is 0 Å². The summed E-state index contributed by atoms with van der Waals surface area (Å²) in [6.07, 6.45) is 5.34. The molecule has 2 aliphatic rings. The molecule has 0 heterocycles. The number of fused-ring (bicyclic) bond motifs is 1. The van der Waals surface area contributed by atoms with Gasteiger partial charge in [0.2, 0.25) is 0 Å². The number of ketones is 2. The molecule has 3 heteroatoms. The molecule has 0 radical (unpaired) electrons. The van der Waals surface area contributed by atoms with Crippen LogP contribution in [0.3, 0.4) is 0 Å². The highest BCUT2D eigenvalue weighted by Gasteiger charge is 2.35. The monoisotopic (exact) mass is 313 g/mol. The van der Waals surface area contributed by atoms with E-state index in [-0.39, 0.29) is 11.6 Å². The van der Waals surface area contributed by atoms with Crippen molar-refractivity contribution in [3.63, 3.8) is 0 Å². The summed E-state index contributed by atoms with van der Waals surface area (Å²) in [5, 5.41) is 0. The molecular formula is C21H15NO2. The average molecular weight is 313 g/mol. The summed E-state index contributed by atoms with van der Waals surface area (Å²) in [5.41, 5.74) is 9.61. The second-order valence-corrected chi connectivity index (χ2v) is 5.89. The summed E-state index contributed by atoms with van der Waals surface area (Å²) in [7, 11) is 0. The molecular weight excluding hydrogens is 298 g/mol. The lowest BCUT2D eigenvalue weighted by molar-refractivity contribution is 0.0978. The van der Waals surface area contributed by atoms with Gasteiger partial charge in [0, 0.05) is 28.3 Å². The van der Waals surface area contributed by atoms with E-state index in [1.165, 1.54) is 0 Å². The van der Waals surface area contributed by atoms with Crippen LogP contribution in [0.5, 0.6) is 0 Å². The SMILES string of the molecule is NC1C=CC2=C(C(=O)c3ccccc3C2=O)C1=Cc1ccccc1. The molecule has 2 aromatic carbocycles. The summed E-state index contributed by atoms with van der Waals surface area (Å²) in [5.74, 6) is -0.260. The Morgan fingerprint density at radius 1 is 0.833 bits per heavy atom. The maximum absolute atomic E-state index is 13.0. The predicted molar refractivity (Wildman–Crippen MR) is 93.7 cm³/mol. The van der Waals surface area contributed by atoms with Gasteiger partial charge in [-0.3, -0.25) is 9.59 Å². The van der Waals surface area contributed by atoms with Crippen molar-refractivity contribution in [1.29, 1.82) is 0 Å². The van der Waals surface area contributed by atoms with Gasteiger partial charge in [-0.25, -0.2) is 0 Å². The Morgan fingerprint density at radius 2 is 1.46 bits per heavy atom. The number of rotatable bonds is 1. The van der Waals surface area contributed by atoms with E-state index in [0.29, 0.717) is 27.8 Å². The minimum atomic E-state index is -0.411. The summed E-state index contributed by atoms with van der Waals surface area (Å²) < 4.78 is 0. The quantitative estimate of drug-likeness (QED) is 0.878. The van der Waals surface area contributed by atoms with Gasteiger partial charge in [-0.2, -0.15) is 0 Å². The predicted octanol–water partition coefficient (Wildman–Crippen LogP) is 3.34. The van der Waals surface area contributed by atoms with Crippen molar-refractivity contribution in [2.24, 2.45) is 5.73 Å². The number of hydrogen-bond donors (Lipinski definition) is 1. The first-order valence-electron chi connectivity index (χ1n) is 7.80. The molecule has 0 amide bonds. The van der Waals surface area contributed by atoms with Gasteiger partial charge in [0.15, 0.2) is 11.6 Å². The first-order chi connectivity index (χ1) is 11.7. The molecule has 1 atom stereocenters. The van der Waals surface area contributed by atoms with Crippen molar-refractivity contribution >= 4 is 17.6 Å². The Morgan fingerprint density at radius 3 is 2.17 bits per heavy atom. The Balaban J connectivity index is 1.92. The lowest BCUT2D eigenvalue weighted by atomic mass is 9.76. The molecule has 0 fully saturated rings. The number of benzene rings is 2. The molecule has 4 rings (SSSR count). The zero-order chi connectivity index (χ0) is 16.7. The van der Waals surface area contributed by atoms with Crippen LogP contribution in [0.1, 0.15) is 26.3 Å². The second-order valence-electron chi connectivity index (χ2n) is 5.89. The average Bonchev–Trinajstić information content (AvgIpc) is 2.62. The standard InChI is InChI=1S/C21H15NO2/c22-18-11-10-16-19(17(18)12-13-6-2-1-3-7-13)21(24)15-9-5-4-8-14(15)20(16)23/h1-12,18H,22H2. The van der Waals surface area contributed by atoms with Gasteiger partial charge in [0.25, 0.3) is 0 Å². The molecule has 2 aliphatic carbocycles. The van der Waals surface area contributed by atoms with E-state index in [2.05, 4.69) is 0 Å². The van der Waals surface area contributed by atoms with Gasteiger partial charge in [-0.1, -0.05) is 66.7 Å². The summed E-state index contributed by atoms with van der Waals surface area (Å²) in [4.78, 5) is 25.8. The van der Waals surface area contributed by atoms with Gasteiger partial charge in [0.05, 0.1) is 0 Å². The van der Waals surface area contributed by atoms with Gasteiger partial charge in [-0.05, 0) is 17.2 Å². The highest BCUT2D eigenvalue weighted by molar-refractivity contribution is 6.30. The maximum atomic E-state index is 13.0. The van der Waals surface area contributed by atoms with Crippen molar-refractivity contribution < 1.29 is 9.59 Å². The molecule has 0 saturated carbocycles. The van der Waals surface area contributed by atoms with Crippen LogP contribution in [0.2, 0.25) is 0 Å². The van der Waals surface area contributed by atoms with Crippen molar-refractivity contribution in [2.45, 2.75) is 6.04 Å². The van der Waals surface area contributed by atoms with Crippen LogP contribution < -0.4 is 5.73 Å². The Hall–Kier alpha value is -3.04. The second kappa shape index (κ2) is 5.55. The third kappa shape index (κ3) is 2.18. The zero-order valence-electron chi connectivity index (χ0n) is 12.9. The number of Topliss-reactive ketones (excluding diaryl/α,β-unsaturated/α-hetero) is 2. The third-order valence-electron chi connectivity index (χ3n) is 4.40. The van der Waals surface area contributed by atoms with E-state index in [1.54, 1.807) is 36.4 Å². The van der Waals surface area contributed by atoms with Crippen LogP contribution in [0.15, 0.2) is 83.5 Å². The minimum absolute atomic E-state index is 0.123. The first-order valence-corrected chi connectivity index (χ1v) is 7.80. The number of carbonyl (C=O) groups excluding carboxylic acids is 2. The maximum Gasteiger partial charge on any atom is 0.194 e. The highest BCUT2D eigenvalue weighted by Crippen LogP contribution is 2.35. The topological polar surface area (TPSA) is 60.2 Å². The highest BCUT2D eigenvalue weighted by atomic mass is 16.1. The van der Waals surface area contributed by atoms with E-state index < -0.39 is 6.04 Å². The van der Waals surface area contributed by atoms with Crippen LogP contribution in [-0.2, 0) is 0 Å². The smallest absolute Gasteiger partial charge is 0.194 e. The molecule has 1 unspecified atom stereocenters. The van der Waals surface area contributed by atoms with Crippen molar-refractivity contribution in [2.75, 3.05) is 0 Å². The summed E-state index contributed by atoms with van der Waals surface area (Å²) in [6, 6.07) is 16.2. The lowest BCUT2D eigenvalue weighted by Gasteiger charge is -2.26. The van der Waals surface area contributed by atoms with Gasteiger partial charge in [-0.15, -0.1) is 0 Å². The molecule has 3 nitrogen and oxygen atoms in total. The van der Waals surface area contributed by atoms with Crippen LogP contribution >= 0.6 is 0 Å². The fraction of sp³-hybridized carbons (Fsp3) is 0.0476. The largest absolute Gasteiger partial charge is 0.321 e. The van der Waals surface area contributed by atoms with Crippen LogP contribution in [0, 0.1) is 0 Å². The molecule has 2 aromatic rings. The molecule has 116 valence electrons. The molecule has 0 aromatic heterocycles. The van der Waals surface area contributed by atoms with Crippen LogP contribution in [-0.4, -0.2) is 17.6 Å². The van der Waals surface area contributed by atoms with Gasteiger partial charge >= 0.3 is 0 Å². The number of allylic oxidation sites excluding steroid dienone is 2. The van der Waals surface area contributed by atoms with Crippen molar-refractivity contribution in [3.8, 4) is 0 Å². The lowest BCUT2D eigenvalue weighted by Crippen LogP contribution is -2.32. The Labute approximate surface area is 139 Å². The molecule has 0 bridgehead atoms. The zero-order valence-corrected chi connectivity index (χ0v) is 12.9. The fourth-order valence-electron chi connectivity index (χ4n) is 3.21. The minimum Gasteiger partial charge on any atom is -0.321 e. The van der Waals surface area contributed by atoms with E-state index in [9.17, 15) is 9.59 Å². The number of nitrogens with two attached hydrogens (primary N) is 1. The molecule has 24 heavy (non-hydrogen) atoms. The molecule has 0 saturated heterocycles. The summed E-state index contributed by atoms with van der Waals surface area (Å²) >= 11 is 0. The number of hydrogen-bond acceptors (Lipinski definition) is 3. The van der Waals surface area contributed by atoms with E-state index in [1.807, 2.05) is 36.4 Å². The van der Waals surface area contributed by atoms with Crippen molar-refractivity contribution in [3.05, 3.63) is 100 Å². The molecule has 2 N–H and O–H groups in total. The van der Waals surface area contributed by atoms with Gasteiger partial charge < -0.3 is 5.73 Å². The molecule has 0 aliphatic heterocycles. The summed E-state index contributed by atoms with van der Waals surface area (Å²) in [6.45, 7) is 0. The fourth-order valence-corrected chi connectivity index (χ4v) is 3.21. The van der Waals surface area contributed by atoms with E-state index in [4.69, 9.17) is 5.73 Å². The normalized spacial score (nSPS) is 21.0. The van der Waals surface area contributed by atoms with Crippen LogP contribution in [0.4, 0.5) is 0 Å². The third-order valence-corrected chi connectivity index (χ3v) is 4.40. The van der Waals surface area contributed by atoms with E-state index >= 15 is 0 Å². The van der Waals surface area contributed by atoms with Gasteiger partial charge in [0.1, 0.15) is 0 Å².